The molecule has 64 valence electrons. The van der Waals surface area contributed by atoms with Gasteiger partial charge < -0.3 is 5.53 Å². The van der Waals surface area contributed by atoms with E-state index in [1.807, 2.05) is 30.3 Å². The molecule has 0 spiro atoms. The zero-order chi connectivity index (χ0) is 9.52. The predicted octanol–water partition coefficient (Wildman–Crippen LogP) is 1.57. The number of rotatable bonds is 3. The van der Waals surface area contributed by atoms with Gasteiger partial charge in [0.2, 0.25) is 0 Å². The molecule has 0 radical (unpaired) electrons. The van der Waals surface area contributed by atoms with Gasteiger partial charge in [-0.3, -0.25) is 4.79 Å². The van der Waals surface area contributed by atoms with Gasteiger partial charge in [-0.05, 0) is 11.6 Å². The van der Waals surface area contributed by atoms with Gasteiger partial charge in [0, 0.05) is 0 Å². The van der Waals surface area contributed by atoms with Crippen LogP contribution in [0.4, 0.5) is 0 Å². The maximum Gasteiger partial charge on any atom is 0.327 e. The Morgan fingerprint density at radius 2 is 2.00 bits per heavy atom. The molecule has 0 heterocycles. The maximum absolute atomic E-state index is 10.8. The molecule has 0 N–H and O–H groups in total. The fourth-order valence-corrected chi connectivity index (χ4v) is 0.842. The second kappa shape index (κ2) is 4.80. The van der Waals surface area contributed by atoms with Crippen molar-refractivity contribution in [2.75, 3.05) is 0 Å². The van der Waals surface area contributed by atoms with E-state index in [1.165, 1.54) is 6.08 Å². The summed E-state index contributed by atoms with van der Waals surface area (Å²) in [7, 11) is 0. The molecule has 3 nitrogen and oxygen atoms in total. The van der Waals surface area contributed by atoms with Gasteiger partial charge in [0.25, 0.3) is 5.78 Å². The van der Waals surface area contributed by atoms with Crippen molar-refractivity contribution < 1.29 is 9.58 Å². The zero-order valence-electron chi connectivity index (χ0n) is 6.92. The number of nitrogens with zero attached hydrogens (tertiary/aromatic N) is 2. The van der Waals surface area contributed by atoms with Crippen LogP contribution < -0.4 is 0 Å². The van der Waals surface area contributed by atoms with E-state index >= 15 is 0 Å². The van der Waals surface area contributed by atoms with Gasteiger partial charge in [0.1, 0.15) is 0 Å². The first-order valence-corrected chi connectivity index (χ1v) is 3.77. The van der Waals surface area contributed by atoms with Crippen LogP contribution >= 0.6 is 0 Å². The Morgan fingerprint density at radius 1 is 1.31 bits per heavy atom. The highest BCUT2D eigenvalue weighted by Crippen LogP contribution is 2.00. The van der Waals surface area contributed by atoms with Crippen LogP contribution in [0.2, 0.25) is 0 Å². The number of ketones is 1. The van der Waals surface area contributed by atoms with Crippen molar-refractivity contribution in [3.63, 3.8) is 0 Å². The van der Waals surface area contributed by atoms with E-state index in [2.05, 4.69) is 4.79 Å². The molecule has 13 heavy (non-hydrogen) atoms. The fourth-order valence-electron chi connectivity index (χ4n) is 0.842. The lowest BCUT2D eigenvalue weighted by Gasteiger charge is -1.87. The van der Waals surface area contributed by atoms with E-state index in [-0.39, 0.29) is 5.78 Å². The van der Waals surface area contributed by atoms with Crippen LogP contribution in [0.15, 0.2) is 36.4 Å². The lowest BCUT2D eigenvalue weighted by atomic mass is 10.2. The largest absolute Gasteiger partial charge is 0.361 e. The first kappa shape index (κ1) is 9.10. The van der Waals surface area contributed by atoms with E-state index in [9.17, 15) is 4.79 Å². The molecule has 0 bridgehead atoms. The molecule has 0 saturated heterocycles. The second-order valence-electron chi connectivity index (χ2n) is 2.39. The maximum atomic E-state index is 10.8. The van der Waals surface area contributed by atoms with Gasteiger partial charge in [0.15, 0.2) is 0 Å². The third-order valence-electron chi connectivity index (χ3n) is 1.42. The molecule has 0 amide bonds. The van der Waals surface area contributed by atoms with Crippen molar-refractivity contribution in [3.8, 4) is 0 Å². The van der Waals surface area contributed by atoms with Crippen LogP contribution in [0.25, 0.3) is 11.6 Å². The summed E-state index contributed by atoms with van der Waals surface area (Å²) in [5, 5.41) is 0. The molecule has 1 rings (SSSR count). The Balaban J connectivity index is 2.69. The fraction of sp³-hybridized carbons (Fsp3) is 0. The van der Waals surface area contributed by atoms with Crippen molar-refractivity contribution in [3.05, 3.63) is 47.5 Å². The minimum absolute atomic E-state index is 0.341. The quantitative estimate of drug-likeness (QED) is 0.295. The van der Waals surface area contributed by atoms with Crippen molar-refractivity contribution in [1.82, 2.24) is 0 Å². The normalized spacial score (nSPS) is 9.54. The molecule has 1 aromatic carbocycles. The van der Waals surface area contributed by atoms with E-state index in [1.54, 1.807) is 6.08 Å². The summed E-state index contributed by atoms with van der Waals surface area (Å²) in [4.78, 5) is 13.4. The van der Waals surface area contributed by atoms with Crippen LogP contribution in [0.1, 0.15) is 5.56 Å². The summed E-state index contributed by atoms with van der Waals surface area (Å²) in [5.74, 6) is -0.341. The van der Waals surface area contributed by atoms with Gasteiger partial charge >= 0.3 is 6.21 Å². The van der Waals surface area contributed by atoms with E-state index in [0.29, 0.717) is 0 Å². The molecule has 0 aliphatic rings. The predicted molar refractivity (Wildman–Crippen MR) is 50.2 cm³/mol. The Hall–Kier alpha value is -1.99. The monoisotopic (exact) mass is 172 g/mol. The van der Waals surface area contributed by atoms with E-state index < -0.39 is 0 Å². The smallest absolute Gasteiger partial charge is 0.327 e. The number of carbonyl (C=O) groups excluding carboxylic acids is 1. The average Bonchev–Trinajstić information content (AvgIpc) is 2.17. The summed E-state index contributed by atoms with van der Waals surface area (Å²) in [6.07, 6.45) is 3.85. The summed E-state index contributed by atoms with van der Waals surface area (Å²) in [5.41, 5.74) is 8.98. The lowest BCUT2D eigenvalue weighted by molar-refractivity contribution is -0.111. The van der Waals surface area contributed by atoms with Gasteiger partial charge in [-0.15, -0.1) is 0 Å². The minimum Gasteiger partial charge on any atom is -0.361 e. The molecule has 0 atom stereocenters. The molecular weight excluding hydrogens is 164 g/mol. The first-order valence-electron chi connectivity index (χ1n) is 3.77. The van der Waals surface area contributed by atoms with Crippen LogP contribution in [0.3, 0.4) is 0 Å². The summed E-state index contributed by atoms with van der Waals surface area (Å²) < 4.78 is 0. The van der Waals surface area contributed by atoms with Crippen molar-refractivity contribution in [1.29, 1.82) is 0 Å². The Bertz CT molecular complexity index is 362. The molecule has 3 heteroatoms. The van der Waals surface area contributed by atoms with Crippen LogP contribution in [0.5, 0.6) is 0 Å². The SMILES string of the molecule is [N-]=[N+]=CC(=O)/C=C/c1ccccc1. The number of allylic oxidation sites excluding steroid dienone is 1. The van der Waals surface area contributed by atoms with Gasteiger partial charge in [-0.1, -0.05) is 36.4 Å². The molecule has 0 fully saturated rings. The number of carbonyl (C=O) groups is 1. The molecule has 1 aromatic rings. The number of hydrogen-bond donors (Lipinski definition) is 0. The lowest BCUT2D eigenvalue weighted by Crippen LogP contribution is -1.92. The van der Waals surface area contributed by atoms with Crippen molar-refractivity contribution in [2.24, 2.45) is 0 Å². The molecular formula is C10H8N2O. The van der Waals surface area contributed by atoms with Crippen LogP contribution in [-0.2, 0) is 4.79 Å². The summed E-state index contributed by atoms with van der Waals surface area (Å²) in [6.45, 7) is 0. The summed E-state index contributed by atoms with van der Waals surface area (Å²) in [6, 6.07) is 9.41. The second-order valence-corrected chi connectivity index (χ2v) is 2.39. The van der Waals surface area contributed by atoms with Crippen molar-refractivity contribution >= 4 is 18.1 Å². The number of benzene rings is 1. The highest BCUT2D eigenvalue weighted by Gasteiger charge is 1.93. The molecule has 0 unspecified atom stereocenters. The highest BCUT2D eigenvalue weighted by molar-refractivity contribution is 6.31. The molecule has 0 aliphatic carbocycles. The van der Waals surface area contributed by atoms with Crippen molar-refractivity contribution in [2.45, 2.75) is 0 Å². The Morgan fingerprint density at radius 3 is 2.62 bits per heavy atom. The topological polar surface area (TPSA) is 53.5 Å². The number of hydrogen-bond acceptors (Lipinski definition) is 1. The summed E-state index contributed by atoms with van der Waals surface area (Å²) >= 11 is 0. The van der Waals surface area contributed by atoms with Crippen LogP contribution in [-0.4, -0.2) is 16.8 Å². The average molecular weight is 172 g/mol. The zero-order valence-corrected chi connectivity index (χ0v) is 6.92. The standard InChI is InChI=1S/C10H8N2O/c11-12-8-10(13)7-6-9-4-2-1-3-5-9/h1-8H/b7-6+. The third-order valence-corrected chi connectivity index (χ3v) is 1.42. The van der Waals surface area contributed by atoms with Gasteiger partial charge in [0.05, 0.1) is 0 Å². The van der Waals surface area contributed by atoms with E-state index in [4.69, 9.17) is 5.53 Å². The van der Waals surface area contributed by atoms with E-state index in [0.717, 1.165) is 11.8 Å². The Kier molecular flexibility index (Phi) is 3.36. The third kappa shape index (κ3) is 3.27. The molecule has 0 aromatic heterocycles. The highest BCUT2D eigenvalue weighted by atomic mass is 16.1. The minimum atomic E-state index is -0.341. The molecule has 0 saturated carbocycles. The van der Waals surface area contributed by atoms with Gasteiger partial charge in [-0.25, -0.2) is 0 Å². The first-order chi connectivity index (χ1) is 6.33. The van der Waals surface area contributed by atoms with Crippen LogP contribution in [0, 0.1) is 0 Å². The molecule has 0 aliphatic heterocycles. The Labute approximate surface area is 75.9 Å². The van der Waals surface area contributed by atoms with Gasteiger partial charge in [-0.2, -0.15) is 4.79 Å².